The first-order valence-electron chi connectivity index (χ1n) is 8.78. The Kier molecular flexibility index (Phi) is 5.41. The average molecular weight is 436 g/mol. The molecule has 158 valence electrons. The molecule has 30 heavy (non-hydrogen) atoms. The highest BCUT2D eigenvalue weighted by Crippen LogP contribution is 2.36. The van der Waals surface area contributed by atoms with Crippen LogP contribution in [0.5, 0.6) is 0 Å². The molecular weight excluding hydrogens is 420 g/mol. The van der Waals surface area contributed by atoms with Crippen molar-refractivity contribution in [1.29, 1.82) is 0 Å². The van der Waals surface area contributed by atoms with E-state index in [9.17, 15) is 42.0 Å². The summed E-state index contributed by atoms with van der Waals surface area (Å²) in [4.78, 5) is 61.1. The number of nitrogens with zero attached hydrogens (tertiary/aromatic N) is 2. The molecule has 1 saturated heterocycles. The van der Waals surface area contributed by atoms with Crippen LogP contribution in [0.15, 0.2) is 36.4 Å². The number of imide groups is 2. The highest BCUT2D eigenvalue weighted by atomic mass is 32.2. The van der Waals surface area contributed by atoms with Crippen molar-refractivity contribution in [2.75, 3.05) is 0 Å². The van der Waals surface area contributed by atoms with E-state index >= 15 is 0 Å². The monoisotopic (exact) mass is 436 g/mol. The van der Waals surface area contributed by atoms with Crippen LogP contribution in [0.25, 0.3) is 0 Å². The maximum absolute atomic E-state index is 12.7. The van der Waals surface area contributed by atoms with Crippen molar-refractivity contribution in [2.24, 2.45) is 0 Å². The molecule has 0 spiro atoms. The van der Waals surface area contributed by atoms with Crippen LogP contribution in [0.4, 0.5) is 5.69 Å². The minimum absolute atomic E-state index is 0.0867. The minimum atomic E-state index is -4.93. The molecule has 2 aliphatic rings. The third-order valence-corrected chi connectivity index (χ3v) is 5.99. The third-order valence-electron chi connectivity index (χ3n) is 4.90. The van der Waals surface area contributed by atoms with E-state index in [0.29, 0.717) is 18.4 Å². The second-order valence-electron chi connectivity index (χ2n) is 6.79. The van der Waals surface area contributed by atoms with Crippen LogP contribution < -0.4 is 9.70 Å². The van der Waals surface area contributed by atoms with Crippen LogP contribution in [-0.4, -0.2) is 52.8 Å². The van der Waals surface area contributed by atoms with Crippen LogP contribution >= 0.6 is 0 Å². The van der Waals surface area contributed by atoms with Gasteiger partial charge in [0.2, 0.25) is 0 Å². The molecule has 4 amide bonds. The van der Waals surface area contributed by atoms with Gasteiger partial charge >= 0.3 is 11.8 Å². The minimum Gasteiger partial charge on any atom is -0.550 e. The van der Waals surface area contributed by atoms with Gasteiger partial charge < -0.3 is 9.90 Å². The summed E-state index contributed by atoms with van der Waals surface area (Å²) in [6.07, 6.45) is 1.34. The average Bonchev–Trinajstić information content (AvgIpc) is 3.12. The van der Waals surface area contributed by atoms with Crippen LogP contribution in [0.2, 0.25) is 0 Å². The number of aryl methyl sites for hydroxylation is 1. The van der Waals surface area contributed by atoms with Gasteiger partial charge in [-0.2, -0.15) is 8.42 Å². The van der Waals surface area contributed by atoms with Gasteiger partial charge in [-0.25, -0.2) is 9.59 Å². The molecule has 12 heteroatoms. The molecule has 1 fully saturated rings. The van der Waals surface area contributed by atoms with Crippen LogP contribution in [0, 0.1) is 0 Å². The summed E-state index contributed by atoms with van der Waals surface area (Å²) in [5.74, 6) is -5.60. The number of hydrogen-bond acceptors (Lipinski definition) is 8. The Hall–Kier alpha value is -3.22. The summed E-state index contributed by atoms with van der Waals surface area (Å²) in [6, 6.07) is 5.63. The van der Waals surface area contributed by atoms with Crippen LogP contribution in [-0.2, 0) is 40.5 Å². The fourth-order valence-corrected chi connectivity index (χ4v) is 4.20. The molecule has 1 aromatic carbocycles. The first-order valence-corrected chi connectivity index (χ1v) is 10.3. The molecule has 1 unspecified atom stereocenters. The Bertz CT molecular complexity index is 1070. The van der Waals surface area contributed by atoms with E-state index in [1.165, 1.54) is 24.3 Å². The summed E-state index contributed by atoms with van der Waals surface area (Å²) in [5, 5.41) is 8.66. The number of rotatable bonds is 7. The Balaban J connectivity index is 2.02. The van der Waals surface area contributed by atoms with Gasteiger partial charge in [0.05, 0.1) is 18.6 Å². The van der Waals surface area contributed by atoms with Crippen molar-refractivity contribution in [3.8, 4) is 0 Å². The van der Waals surface area contributed by atoms with Crippen molar-refractivity contribution in [2.45, 2.75) is 30.9 Å². The molecule has 1 aromatic rings. The fourth-order valence-electron chi connectivity index (χ4n) is 3.49. The highest BCUT2D eigenvalue weighted by molar-refractivity contribution is 7.87. The van der Waals surface area contributed by atoms with Crippen molar-refractivity contribution >= 4 is 45.4 Å². The van der Waals surface area contributed by atoms with Gasteiger partial charge in [-0.1, -0.05) is 17.1 Å². The standard InChI is InChI=1S/C18H16N2O9S/c21-14-10-13(30(27,28)29)18(26)19(14)20(15(22)8-9-16(20)23)12-6-4-11(5-7-12)2-1-3-17(24)25/h4-9,13H,1-3,10H2,(H-,24,25,27,28,29). The van der Waals surface area contributed by atoms with E-state index in [1.807, 2.05) is 0 Å². The summed E-state index contributed by atoms with van der Waals surface area (Å²) in [6.45, 7) is 0. The Morgan fingerprint density at radius 3 is 2.13 bits per heavy atom. The number of benzene rings is 1. The summed E-state index contributed by atoms with van der Waals surface area (Å²) in [5.41, 5.74) is 0.580. The topological polar surface area (TPSA) is 166 Å². The highest BCUT2D eigenvalue weighted by Gasteiger charge is 2.64. The Morgan fingerprint density at radius 2 is 1.67 bits per heavy atom. The Morgan fingerprint density at radius 1 is 1.10 bits per heavy atom. The lowest BCUT2D eigenvalue weighted by Crippen LogP contribution is -2.68. The number of hydrogen-bond donors (Lipinski definition) is 1. The molecule has 1 N–H and O–H groups in total. The second-order valence-corrected chi connectivity index (χ2v) is 8.39. The molecule has 0 aliphatic carbocycles. The number of quaternary nitrogens is 1. The number of carbonyl (C=O) groups is 5. The predicted octanol–water partition coefficient (Wildman–Crippen LogP) is -1.38. The zero-order valence-electron chi connectivity index (χ0n) is 15.4. The third kappa shape index (κ3) is 3.44. The van der Waals surface area contributed by atoms with Gasteiger partial charge in [0.25, 0.3) is 21.9 Å². The number of carboxylic acids is 1. The SMILES string of the molecule is O=C([O-])CCCc1ccc([N+]2(N3C(=O)CC(S(=O)(=O)O)C3=O)C(=O)C=CC2=O)cc1. The van der Waals surface area contributed by atoms with E-state index in [1.54, 1.807) is 0 Å². The quantitative estimate of drug-likeness (QED) is 0.308. The molecule has 0 aromatic heterocycles. The summed E-state index contributed by atoms with van der Waals surface area (Å²) >= 11 is 0. The van der Waals surface area contributed by atoms with Crippen molar-refractivity contribution in [3.05, 3.63) is 42.0 Å². The lowest BCUT2D eigenvalue weighted by atomic mass is 10.1. The van der Waals surface area contributed by atoms with E-state index in [-0.39, 0.29) is 17.1 Å². The van der Waals surface area contributed by atoms with Gasteiger partial charge in [-0.05, 0) is 29.4 Å². The molecule has 3 rings (SSSR count). The van der Waals surface area contributed by atoms with Gasteiger partial charge in [0.1, 0.15) is 0 Å². The Labute approximate surface area is 170 Å². The molecule has 2 aliphatic heterocycles. The summed E-state index contributed by atoms with van der Waals surface area (Å²) in [7, 11) is -4.93. The number of carbonyl (C=O) groups excluding carboxylic acids is 5. The smallest absolute Gasteiger partial charge is 0.377 e. The molecule has 1 atom stereocenters. The van der Waals surface area contributed by atoms with E-state index in [0.717, 1.165) is 12.2 Å². The molecule has 2 heterocycles. The predicted molar refractivity (Wildman–Crippen MR) is 97.1 cm³/mol. The number of aliphatic carboxylic acids is 1. The van der Waals surface area contributed by atoms with E-state index in [2.05, 4.69) is 0 Å². The lowest BCUT2D eigenvalue weighted by molar-refractivity contribution is -0.305. The molecule has 11 nitrogen and oxygen atoms in total. The van der Waals surface area contributed by atoms with Crippen molar-refractivity contribution in [1.82, 2.24) is 9.60 Å². The zero-order chi connectivity index (χ0) is 22.3. The number of amides is 4. The fraction of sp³-hybridized carbons (Fsp3) is 0.278. The molecule has 0 bridgehead atoms. The van der Waals surface area contributed by atoms with Crippen molar-refractivity contribution < 1.29 is 42.0 Å². The van der Waals surface area contributed by atoms with Gasteiger partial charge in [-0.15, -0.1) is 0 Å². The number of carboxylic acid groups (broad SMARTS) is 1. The van der Waals surface area contributed by atoms with E-state index in [4.69, 9.17) is 0 Å². The molecule has 0 saturated carbocycles. The summed E-state index contributed by atoms with van der Waals surface area (Å²) < 4.78 is 30.7. The normalized spacial score (nSPS) is 21.0. The largest absolute Gasteiger partial charge is 0.550 e. The van der Waals surface area contributed by atoms with Gasteiger partial charge in [-0.3, -0.25) is 14.1 Å². The first-order chi connectivity index (χ1) is 14.0. The van der Waals surface area contributed by atoms with Gasteiger partial charge in [0, 0.05) is 18.1 Å². The molecule has 0 radical (unpaired) electrons. The van der Waals surface area contributed by atoms with Crippen LogP contribution in [0.3, 0.4) is 0 Å². The van der Waals surface area contributed by atoms with Crippen molar-refractivity contribution in [3.63, 3.8) is 0 Å². The maximum Gasteiger partial charge on any atom is 0.377 e. The van der Waals surface area contributed by atoms with E-state index < -0.39 is 56.0 Å². The second kappa shape index (κ2) is 7.55. The first kappa shape index (κ1) is 21.5. The maximum atomic E-state index is 12.7. The van der Waals surface area contributed by atoms with Crippen LogP contribution in [0.1, 0.15) is 24.8 Å². The lowest BCUT2D eigenvalue weighted by Gasteiger charge is -2.33. The zero-order valence-corrected chi connectivity index (χ0v) is 16.2. The molecular formula is C18H16N2O9S. The van der Waals surface area contributed by atoms with Gasteiger partial charge in [0.15, 0.2) is 10.9 Å².